The molecule has 1 atom stereocenters. The van der Waals surface area contributed by atoms with Crippen LogP contribution in [0.4, 0.5) is 0 Å². The summed E-state index contributed by atoms with van der Waals surface area (Å²) < 4.78 is 40.3. The van der Waals surface area contributed by atoms with E-state index < -0.39 is 22.0 Å². The van der Waals surface area contributed by atoms with Crippen LogP contribution in [0.15, 0.2) is 81.2 Å². The number of sulfonamides is 1. The molecule has 2 N–H and O–H groups in total. The third-order valence-electron chi connectivity index (χ3n) is 5.52. The summed E-state index contributed by atoms with van der Waals surface area (Å²) in [6, 6.07) is 18.7. The van der Waals surface area contributed by atoms with Crippen LogP contribution < -0.4 is 19.6 Å². The molecule has 0 bridgehead atoms. The number of aryl methyl sites for hydroxylation is 1. The molecule has 3 aromatic carbocycles. The molecule has 0 unspecified atom stereocenters. The molecule has 10 heteroatoms. The van der Waals surface area contributed by atoms with Crippen molar-refractivity contribution in [3.63, 3.8) is 0 Å². The fourth-order valence-electron chi connectivity index (χ4n) is 3.59. The van der Waals surface area contributed by atoms with Gasteiger partial charge in [0, 0.05) is 0 Å². The number of nitrogens with zero attached hydrogens (tertiary/aromatic N) is 1. The number of carbonyl (C=O) groups excluding carboxylic acids is 1. The first-order valence-corrected chi connectivity index (χ1v) is 14.3. The Labute approximate surface area is 232 Å². The fraction of sp³-hybridized carbons (Fsp3) is 0.286. The van der Waals surface area contributed by atoms with Crippen LogP contribution in [0.1, 0.15) is 37.0 Å². The van der Waals surface area contributed by atoms with E-state index >= 15 is 0 Å². The molecule has 0 saturated carbocycles. The molecule has 0 aliphatic carbocycles. The van der Waals surface area contributed by atoms with Crippen LogP contribution in [0.3, 0.4) is 0 Å². The van der Waals surface area contributed by atoms with Crippen molar-refractivity contribution in [2.75, 3.05) is 7.11 Å². The second-order valence-electron chi connectivity index (χ2n) is 9.16. The third kappa shape index (κ3) is 8.41. The van der Waals surface area contributed by atoms with E-state index in [1.807, 2.05) is 51.1 Å². The molecule has 3 aromatic rings. The van der Waals surface area contributed by atoms with E-state index in [0.717, 1.165) is 11.1 Å². The van der Waals surface area contributed by atoms with Crippen molar-refractivity contribution in [1.29, 1.82) is 0 Å². The summed E-state index contributed by atoms with van der Waals surface area (Å²) in [5.74, 6) is 0.547. The lowest BCUT2D eigenvalue weighted by Gasteiger charge is -2.19. The summed E-state index contributed by atoms with van der Waals surface area (Å²) in [6.07, 6.45) is 1.76. The van der Waals surface area contributed by atoms with Crippen molar-refractivity contribution in [3.8, 4) is 11.5 Å². The second kappa shape index (κ2) is 13.5. The summed E-state index contributed by atoms with van der Waals surface area (Å²) in [7, 11) is -2.35. The van der Waals surface area contributed by atoms with Crippen molar-refractivity contribution >= 4 is 38.1 Å². The number of hydrogen-bond donors (Lipinski definition) is 2. The van der Waals surface area contributed by atoms with Gasteiger partial charge in [0.2, 0.25) is 10.0 Å². The molecule has 0 aromatic heterocycles. The molecule has 0 spiro atoms. The monoisotopic (exact) mass is 601 g/mol. The highest BCUT2D eigenvalue weighted by atomic mass is 79.9. The Morgan fingerprint density at radius 3 is 2.39 bits per heavy atom. The summed E-state index contributed by atoms with van der Waals surface area (Å²) in [4.78, 5) is 13.0. The zero-order valence-corrected chi connectivity index (χ0v) is 24.2. The van der Waals surface area contributed by atoms with E-state index in [0.29, 0.717) is 34.6 Å². The Kier molecular flexibility index (Phi) is 10.5. The number of nitrogens with one attached hydrogen (secondary N) is 2. The van der Waals surface area contributed by atoms with Crippen LogP contribution in [0.2, 0.25) is 0 Å². The first kappa shape index (κ1) is 29.3. The molecule has 0 fully saturated rings. The van der Waals surface area contributed by atoms with Gasteiger partial charge in [-0.3, -0.25) is 4.79 Å². The maximum atomic E-state index is 12.9. The average Bonchev–Trinajstić information content (AvgIpc) is 2.87. The predicted molar refractivity (Wildman–Crippen MR) is 152 cm³/mol. The van der Waals surface area contributed by atoms with E-state index in [1.54, 1.807) is 24.3 Å². The van der Waals surface area contributed by atoms with Gasteiger partial charge in [0.05, 0.1) is 22.7 Å². The summed E-state index contributed by atoms with van der Waals surface area (Å²) in [5.41, 5.74) is 5.05. The molecule has 0 saturated heterocycles. The number of hydrogen-bond acceptors (Lipinski definition) is 6. The number of methoxy groups -OCH3 is 1. The van der Waals surface area contributed by atoms with E-state index in [1.165, 1.54) is 25.5 Å². The summed E-state index contributed by atoms with van der Waals surface area (Å²) in [5, 5.41) is 4.05. The molecular formula is C28H32BrN3O5S. The Morgan fingerprint density at radius 2 is 1.76 bits per heavy atom. The topological polar surface area (TPSA) is 106 Å². The van der Waals surface area contributed by atoms with Gasteiger partial charge < -0.3 is 9.47 Å². The van der Waals surface area contributed by atoms with Gasteiger partial charge in [0.15, 0.2) is 11.5 Å². The first-order valence-electron chi connectivity index (χ1n) is 12.0. The summed E-state index contributed by atoms with van der Waals surface area (Å²) >= 11 is 3.51. The Hall–Kier alpha value is -3.21. The zero-order valence-electron chi connectivity index (χ0n) is 21.8. The minimum Gasteiger partial charge on any atom is -0.493 e. The highest BCUT2D eigenvalue weighted by molar-refractivity contribution is 9.10. The largest absolute Gasteiger partial charge is 0.493 e. The Morgan fingerprint density at radius 1 is 1.08 bits per heavy atom. The number of rotatable bonds is 12. The molecular weight excluding hydrogens is 570 g/mol. The molecule has 0 radical (unpaired) electrons. The number of amides is 1. The standard InChI is InChI=1S/C28H32BrN3O5S/c1-19(2)14-25(32-38(34,35)23-12-10-20(3)11-13-23)28(33)31-30-17-22-15-24(29)27(26(16-22)36-4)37-18-21-8-6-5-7-9-21/h5-13,15-17,19,25,32H,14,18H2,1-4H3,(H,31,33)/b30-17-/t25-/m1/s1. The van der Waals surface area contributed by atoms with Gasteiger partial charge in [-0.25, -0.2) is 13.8 Å². The van der Waals surface area contributed by atoms with Gasteiger partial charge in [-0.1, -0.05) is 61.9 Å². The fourth-order valence-corrected chi connectivity index (χ4v) is 5.37. The van der Waals surface area contributed by atoms with Crippen molar-refractivity contribution in [2.24, 2.45) is 11.0 Å². The van der Waals surface area contributed by atoms with Gasteiger partial charge >= 0.3 is 0 Å². The molecule has 0 aliphatic heterocycles. The Balaban J connectivity index is 1.70. The van der Waals surface area contributed by atoms with Crippen LogP contribution >= 0.6 is 15.9 Å². The minimum absolute atomic E-state index is 0.0686. The molecule has 3 rings (SSSR count). The molecule has 1 amide bonds. The van der Waals surface area contributed by atoms with Gasteiger partial charge in [0.1, 0.15) is 12.6 Å². The maximum Gasteiger partial charge on any atom is 0.258 e. The van der Waals surface area contributed by atoms with Crippen molar-refractivity contribution in [3.05, 3.63) is 87.9 Å². The highest BCUT2D eigenvalue weighted by Gasteiger charge is 2.26. The smallest absolute Gasteiger partial charge is 0.258 e. The van der Waals surface area contributed by atoms with Crippen LogP contribution in [-0.2, 0) is 21.4 Å². The van der Waals surface area contributed by atoms with Gasteiger partial charge in [-0.15, -0.1) is 0 Å². The lowest BCUT2D eigenvalue weighted by Crippen LogP contribution is -2.46. The van der Waals surface area contributed by atoms with Crippen LogP contribution in [0, 0.1) is 12.8 Å². The average molecular weight is 603 g/mol. The second-order valence-corrected chi connectivity index (χ2v) is 11.7. The third-order valence-corrected chi connectivity index (χ3v) is 7.60. The van der Waals surface area contributed by atoms with Gasteiger partial charge in [-0.05, 0) is 70.6 Å². The molecule has 0 heterocycles. The number of carbonyl (C=O) groups is 1. The normalized spacial score (nSPS) is 12.5. The number of halogens is 1. The maximum absolute atomic E-state index is 12.9. The number of hydrazone groups is 1. The van der Waals surface area contributed by atoms with E-state index in [4.69, 9.17) is 9.47 Å². The van der Waals surface area contributed by atoms with Crippen molar-refractivity contribution in [1.82, 2.24) is 10.1 Å². The quantitative estimate of drug-likeness (QED) is 0.219. The minimum atomic E-state index is -3.89. The zero-order chi connectivity index (χ0) is 27.7. The van der Waals surface area contributed by atoms with Gasteiger partial charge in [0.25, 0.3) is 5.91 Å². The van der Waals surface area contributed by atoms with Crippen LogP contribution in [-0.4, -0.2) is 33.7 Å². The molecule has 38 heavy (non-hydrogen) atoms. The highest BCUT2D eigenvalue weighted by Crippen LogP contribution is 2.36. The van der Waals surface area contributed by atoms with E-state index in [-0.39, 0.29) is 10.8 Å². The Bertz CT molecular complexity index is 1360. The van der Waals surface area contributed by atoms with Crippen LogP contribution in [0.25, 0.3) is 0 Å². The number of ether oxygens (including phenoxy) is 2. The molecule has 0 aliphatic rings. The molecule has 202 valence electrons. The van der Waals surface area contributed by atoms with Gasteiger partial charge in [-0.2, -0.15) is 9.82 Å². The predicted octanol–water partition coefficient (Wildman–Crippen LogP) is 5.19. The first-order chi connectivity index (χ1) is 18.1. The number of benzene rings is 3. The van der Waals surface area contributed by atoms with Crippen molar-refractivity contribution < 1.29 is 22.7 Å². The van der Waals surface area contributed by atoms with E-state index in [2.05, 4.69) is 31.2 Å². The van der Waals surface area contributed by atoms with Crippen molar-refractivity contribution in [2.45, 2.75) is 44.7 Å². The molecule has 8 nitrogen and oxygen atoms in total. The lowest BCUT2D eigenvalue weighted by atomic mass is 10.0. The SMILES string of the molecule is COc1cc(/C=N\NC(=O)[C@@H](CC(C)C)NS(=O)(=O)c2ccc(C)cc2)cc(Br)c1OCc1ccccc1. The van der Waals surface area contributed by atoms with Crippen LogP contribution in [0.5, 0.6) is 11.5 Å². The van der Waals surface area contributed by atoms with E-state index in [9.17, 15) is 13.2 Å². The summed E-state index contributed by atoms with van der Waals surface area (Å²) in [6.45, 7) is 6.06. The lowest BCUT2D eigenvalue weighted by molar-refractivity contribution is -0.123.